The molecular weight excluding hydrogens is 268 g/mol. The standard InChI is InChI=1S/C13H13ClN2O3/c14-8-1-4-10-11(5-8)16(9-2-3-9)12(15-10)6-19-7-13(17)18/h1,4-5,9H,2-3,6-7H2,(H,17,18). The fraction of sp³-hybridized carbons (Fsp3) is 0.385. The molecule has 1 N–H and O–H groups in total. The highest BCUT2D eigenvalue weighted by Crippen LogP contribution is 2.39. The molecular formula is C13H13ClN2O3. The fourth-order valence-electron chi connectivity index (χ4n) is 2.19. The monoisotopic (exact) mass is 280 g/mol. The molecule has 1 saturated carbocycles. The first-order valence-corrected chi connectivity index (χ1v) is 6.49. The summed E-state index contributed by atoms with van der Waals surface area (Å²) in [5.41, 5.74) is 1.86. The van der Waals surface area contributed by atoms with E-state index in [1.165, 1.54) is 0 Å². The largest absolute Gasteiger partial charge is 0.480 e. The first-order valence-electron chi connectivity index (χ1n) is 6.11. The molecule has 0 unspecified atom stereocenters. The van der Waals surface area contributed by atoms with Gasteiger partial charge >= 0.3 is 5.97 Å². The normalized spacial score (nSPS) is 15.0. The summed E-state index contributed by atoms with van der Waals surface area (Å²) in [5, 5.41) is 9.26. The van der Waals surface area contributed by atoms with Gasteiger partial charge in [-0.2, -0.15) is 0 Å². The quantitative estimate of drug-likeness (QED) is 0.914. The van der Waals surface area contributed by atoms with Crippen molar-refractivity contribution in [2.45, 2.75) is 25.5 Å². The summed E-state index contributed by atoms with van der Waals surface area (Å²) < 4.78 is 7.26. The van der Waals surface area contributed by atoms with Crippen LogP contribution in [0.4, 0.5) is 0 Å². The number of aliphatic carboxylic acids is 1. The van der Waals surface area contributed by atoms with Gasteiger partial charge in [0.25, 0.3) is 0 Å². The number of hydrogen-bond acceptors (Lipinski definition) is 3. The molecule has 0 saturated heterocycles. The zero-order chi connectivity index (χ0) is 13.4. The van der Waals surface area contributed by atoms with Crippen molar-refractivity contribution in [1.29, 1.82) is 0 Å². The smallest absolute Gasteiger partial charge is 0.329 e. The van der Waals surface area contributed by atoms with Crippen LogP contribution in [0.25, 0.3) is 11.0 Å². The number of ether oxygens (including phenoxy) is 1. The Bertz CT molecular complexity index is 634. The predicted molar refractivity (Wildman–Crippen MR) is 70.3 cm³/mol. The number of hydrogen-bond donors (Lipinski definition) is 1. The minimum atomic E-state index is -0.975. The Labute approximate surface area is 114 Å². The van der Waals surface area contributed by atoms with Crippen LogP contribution in [0.2, 0.25) is 5.02 Å². The molecule has 0 aliphatic heterocycles. The van der Waals surface area contributed by atoms with Crippen molar-refractivity contribution in [3.05, 3.63) is 29.0 Å². The maximum Gasteiger partial charge on any atom is 0.329 e. The molecule has 2 aromatic rings. The number of aromatic nitrogens is 2. The maximum atomic E-state index is 10.5. The molecule has 0 spiro atoms. The summed E-state index contributed by atoms with van der Waals surface area (Å²) in [4.78, 5) is 15.0. The number of fused-ring (bicyclic) bond motifs is 1. The Morgan fingerprint density at radius 1 is 1.53 bits per heavy atom. The van der Waals surface area contributed by atoms with Crippen molar-refractivity contribution in [2.75, 3.05) is 6.61 Å². The van der Waals surface area contributed by atoms with E-state index in [0.29, 0.717) is 11.1 Å². The van der Waals surface area contributed by atoms with Crippen molar-refractivity contribution >= 4 is 28.6 Å². The highest BCUT2D eigenvalue weighted by atomic mass is 35.5. The van der Waals surface area contributed by atoms with E-state index in [1.807, 2.05) is 12.1 Å². The van der Waals surface area contributed by atoms with E-state index in [9.17, 15) is 4.79 Å². The van der Waals surface area contributed by atoms with Gasteiger partial charge in [0.15, 0.2) is 0 Å². The zero-order valence-electron chi connectivity index (χ0n) is 10.2. The van der Waals surface area contributed by atoms with E-state index in [1.54, 1.807) is 6.07 Å². The van der Waals surface area contributed by atoms with Gasteiger partial charge in [0, 0.05) is 11.1 Å². The second-order valence-corrected chi connectivity index (χ2v) is 5.09. The third kappa shape index (κ3) is 2.57. The van der Waals surface area contributed by atoms with E-state index in [-0.39, 0.29) is 13.2 Å². The van der Waals surface area contributed by atoms with E-state index in [2.05, 4.69) is 9.55 Å². The summed E-state index contributed by atoms with van der Waals surface area (Å²) in [5.74, 6) is -0.210. The summed E-state index contributed by atoms with van der Waals surface area (Å²) >= 11 is 6.02. The van der Waals surface area contributed by atoms with Crippen LogP contribution in [0, 0.1) is 0 Å². The molecule has 1 aromatic carbocycles. The van der Waals surface area contributed by atoms with E-state index in [4.69, 9.17) is 21.4 Å². The van der Waals surface area contributed by atoms with E-state index in [0.717, 1.165) is 29.7 Å². The van der Waals surface area contributed by atoms with Gasteiger partial charge in [0.05, 0.1) is 11.0 Å². The van der Waals surface area contributed by atoms with Crippen molar-refractivity contribution in [3.63, 3.8) is 0 Å². The molecule has 0 radical (unpaired) electrons. The average Bonchev–Trinajstić information content (AvgIpc) is 3.11. The number of halogens is 1. The van der Waals surface area contributed by atoms with Crippen molar-refractivity contribution in [2.24, 2.45) is 0 Å². The Balaban J connectivity index is 1.93. The van der Waals surface area contributed by atoms with Crippen LogP contribution in [0.5, 0.6) is 0 Å². The molecule has 1 aliphatic carbocycles. The van der Waals surface area contributed by atoms with Crippen LogP contribution < -0.4 is 0 Å². The number of carbonyl (C=O) groups is 1. The molecule has 3 rings (SSSR count). The molecule has 100 valence electrons. The lowest BCUT2D eigenvalue weighted by molar-refractivity contribution is -0.142. The van der Waals surface area contributed by atoms with Gasteiger partial charge in [0.2, 0.25) is 0 Å². The second-order valence-electron chi connectivity index (χ2n) is 4.65. The number of benzene rings is 1. The lowest BCUT2D eigenvalue weighted by atomic mass is 10.3. The Hall–Kier alpha value is -1.59. The highest BCUT2D eigenvalue weighted by molar-refractivity contribution is 6.31. The summed E-state index contributed by atoms with van der Waals surface area (Å²) in [6.07, 6.45) is 2.23. The zero-order valence-corrected chi connectivity index (χ0v) is 10.9. The van der Waals surface area contributed by atoms with Gasteiger partial charge in [-0.05, 0) is 31.0 Å². The van der Waals surface area contributed by atoms with Crippen molar-refractivity contribution in [3.8, 4) is 0 Å². The Morgan fingerprint density at radius 2 is 2.32 bits per heavy atom. The Morgan fingerprint density at radius 3 is 3.00 bits per heavy atom. The van der Waals surface area contributed by atoms with Crippen LogP contribution in [-0.2, 0) is 16.1 Å². The highest BCUT2D eigenvalue weighted by Gasteiger charge is 2.28. The molecule has 0 bridgehead atoms. The van der Waals surface area contributed by atoms with Crippen LogP contribution >= 0.6 is 11.6 Å². The lowest BCUT2D eigenvalue weighted by Crippen LogP contribution is -2.10. The minimum absolute atomic E-state index is 0.203. The van der Waals surface area contributed by atoms with Crippen LogP contribution in [0.1, 0.15) is 24.7 Å². The first-order chi connectivity index (χ1) is 9.15. The van der Waals surface area contributed by atoms with Gasteiger partial charge in [-0.15, -0.1) is 0 Å². The molecule has 19 heavy (non-hydrogen) atoms. The van der Waals surface area contributed by atoms with Crippen LogP contribution in [0.15, 0.2) is 18.2 Å². The number of carboxylic acids is 1. The molecule has 5 nitrogen and oxygen atoms in total. The van der Waals surface area contributed by atoms with Gasteiger partial charge in [-0.3, -0.25) is 0 Å². The average molecular weight is 281 g/mol. The van der Waals surface area contributed by atoms with E-state index < -0.39 is 5.97 Å². The summed E-state index contributed by atoms with van der Waals surface area (Å²) in [6, 6.07) is 6.00. The van der Waals surface area contributed by atoms with Crippen molar-refractivity contribution < 1.29 is 14.6 Å². The van der Waals surface area contributed by atoms with Crippen LogP contribution in [-0.4, -0.2) is 27.2 Å². The summed E-state index contributed by atoms with van der Waals surface area (Å²) in [6.45, 7) is -0.107. The third-order valence-electron chi connectivity index (χ3n) is 3.09. The molecule has 6 heteroatoms. The Kier molecular flexibility index (Phi) is 3.16. The second kappa shape index (κ2) is 4.83. The number of nitrogens with zero attached hydrogens (tertiary/aromatic N) is 2. The topological polar surface area (TPSA) is 64.3 Å². The lowest BCUT2D eigenvalue weighted by Gasteiger charge is -2.07. The van der Waals surface area contributed by atoms with Gasteiger partial charge < -0.3 is 14.4 Å². The number of carboxylic acid groups (broad SMARTS) is 1. The SMILES string of the molecule is O=C(O)COCc1nc2ccc(Cl)cc2n1C1CC1. The molecule has 0 atom stereocenters. The van der Waals surface area contributed by atoms with Crippen LogP contribution in [0.3, 0.4) is 0 Å². The number of imidazole rings is 1. The fourth-order valence-corrected chi connectivity index (χ4v) is 2.35. The predicted octanol–water partition coefficient (Wildman–Crippen LogP) is 2.63. The molecule has 1 aromatic heterocycles. The van der Waals surface area contributed by atoms with E-state index >= 15 is 0 Å². The number of rotatable bonds is 5. The minimum Gasteiger partial charge on any atom is -0.480 e. The molecule has 1 fully saturated rings. The molecule has 1 aliphatic rings. The maximum absolute atomic E-state index is 10.5. The van der Waals surface area contributed by atoms with Gasteiger partial charge in [-0.1, -0.05) is 11.6 Å². The van der Waals surface area contributed by atoms with Gasteiger partial charge in [0.1, 0.15) is 19.0 Å². The first kappa shape index (κ1) is 12.4. The van der Waals surface area contributed by atoms with Crippen molar-refractivity contribution in [1.82, 2.24) is 9.55 Å². The summed E-state index contributed by atoms with van der Waals surface area (Å²) in [7, 11) is 0. The van der Waals surface area contributed by atoms with Gasteiger partial charge in [-0.25, -0.2) is 9.78 Å². The molecule has 1 heterocycles. The molecule has 0 amide bonds. The third-order valence-corrected chi connectivity index (χ3v) is 3.33.